The molecule has 0 amide bonds. The lowest BCUT2D eigenvalue weighted by atomic mass is 10.2. The van der Waals surface area contributed by atoms with Gasteiger partial charge in [-0.2, -0.15) is 4.98 Å². The van der Waals surface area contributed by atoms with Crippen LogP contribution in [0.1, 0.15) is 19.4 Å². The van der Waals surface area contributed by atoms with Crippen LogP contribution < -0.4 is 20.1 Å². The molecule has 0 radical (unpaired) electrons. The Morgan fingerprint density at radius 3 is 2.52 bits per heavy atom. The van der Waals surface area contributed by atoms with Gasteiger partial charge in [0.25, 0.3) is 0 Å². The van der Waals surface area contributed by atoms with Crippen LogP contribution in [0.15, 0.2) is 30.5 Å². The fraction of sp³-hybridized carbons (Fsp3) is 0.412. The number of ether oxygens (including phenoxy) is 2. The third kappa shape index (κ3) is 5.02. The van der Waals surface area contributed by atoms with Crippen LogP contribution >= 0.6 is 0 Å². The molecular weight excluding hydrogens is 292 g/mol. The number of nitrogens with one attached hydrogen (secondary N) is 2. The monoisotopic (exact) mass is 316 g/mol. The first kappa shape index (κ1) is 16.9. The van der Waals surface area contributed by atoms with Gasteiger partial charge in [0.2, 0.25) is 5.95 Å². The molecule has 0 aliphatic heterocycles. The van der Waals surface area contributed by atoms with Crippen molar-refractivity contribution in [3.05, 3.63) is 36.0 Å². The molecular formula is C17H24N4O2. The van der Waals surface area contributed by atoms with E-state index in [1.165, 1.54) is 0 Å². The molecule has 6 heteroatoms. The minimum Gasteiger partial charge on any atom is -0.493 e. The summed E-state index contributed by atoms with van der Waals surface area (Å²) < 4.78 is 10.5. The number of aromatic nitrogens is 2. The van der Waals surface area contributed by atoms with Crippen molar-refractivity contribution in [3.63, 3.8) is 0 Å². The molecule has 6 nitrogen and oxygen atoms in total. The summed E-state index contributed by atoms with van der Waals surface area (Å²) in [7, 11) is 3.25. The van der Waals surface area contributed by atoms with Crippen LogP contribution in [-0.4, -0.2) is 30.7 Å². The van der Waals surface area contributed by atoms with E-state index in [-0.39, 0.29) is 0 Å². The Balaban J connectivity index is 1.99. The molecule has 0 aliphatic rings. The van der Waals surface area contributed by atoms with E-state index < -0.39 is 0 Å². The molecule has 0 unspecified atom stereocenters. The second-order valence-corrected chi connectivity index (χ2v) is 5.58. The average molecular weight is 316 g/mol. The first-order chi connectivity index (χ1) is 11.1. The van der Waals surface area contributed by atoms with Crippen molar-refractivity contribution in [1.29, 1.82) is 0 Å². The molecule has 0 bridgehead atoms. The summed E-state index contributed by atoms with van der Waals surface area (Å²) in [5.74, 6) is 3.40. The number of hydrogen-bond donors (Lipinski definition) is 2. The van der Waals surface area contributed by atoms with Crippen LogP contribution in [0, 0.1) is 5.92 Å². The summed E-state index contributed by atoms with van der Waals surface area (Å²) in [5, 5.41) is 6.51. The van der Waals surface area contributed by atoms with Gasteiger partial charge in [-0.05, 0) is 29.7 Å². The second kappa shape index (κ2) is 8.22. The molecule has 2 rings (SSSR count). The largest absolute Gasteiger partial charge is 0.493 e. The topological polar surface area (TPSA) is 68.3 Å². The molecule has 2 N–H and O–H groups in total. The minimum atomic E-state index is 0.563. The highest BCUT2D eigenvalue weighted by molar-refractivity contribution is 5.44. The van der Waals surface area contributed by atoms with E-state index in [1.54, 1.807) is 20.4 Å². The molecule has 0 spiro atoms. The molecule has 124 valence electrons. The van der Waals surface area contributed by atoms with Crippen LogP contribution in [0.25, 0.3) is 0 Å². The predicted octanol–water partition coefficient (Wildman–Crippen LogP) is 3.17. The van der Waals surface area contributed by atoms with Gasteiger partial charge < -0.3 is 20.1 Å². The summed E-state index contributed by atoms with van der Waals surface area (Å²) in [6, 6.07) is 7.67. The van der Waals surface area contributed by atoms with Crippen LogP contribution in [0.5, 0.6) is 11.5 Å². The third-order valence-corrected chi connectivity index (χ3v) is 3.25. The Hall–Kier alpha value is -2.50. The maximum atomic E-state index is 5.31. The maximum Gasteiger partial charge on any atom is 0.224 e. The van der Waals surface area contributed by atoms with Gasteiger partial charge >= 0.3 is 0 Å². The van der Waals surface area contributed by atoms with Crippen molar-refractivity contribution in [1.82, 2.24) is 9.97 Å². The highest BCUT2D eigenvalue weighted by atomic mass is 16.5. The van der Waals surface area contributed by atoms with Gasteiger partial charge in [-0.3, -0.25) is 0 Å². The van der Waals surface area contributed by atoms with Crippen molar-refractivity contribution in [2.75, 3.05) is 31.4 Å². The van der Waals surface area contributed by atoms with E-state index in [2.05, 4.69) is 34.4 Å². The zero-order valence-electron chi connectivity index (χ0n) is 14.1. The third-order valence-electron chi connectivity index (χ3n) is 3.25. The molecule has 1 heterocycles. The van der Waals surface area contributed by atoms with Gasteiger partial charge in [-0.1, -0.05) is 19.9 Å². The first-order valence-electron chi connectivity index (χ1n) is 7.64. The molecule has 0 saturated carbocycles. The first-order valence-corrected chi connectivity index (χ1v) is 7.64. The quantitative estimate of drug-likeness (QED) is 0.779. The van der Waals surface area contributed by atoms with Crippen molar-refractivity contribution in [2.24, 2.45) is 5.92 Å². The van der Waals surface area contributed by atoms with E-state index in [9.17, 15) is 0 Å². The lowest BCUT2D eigenvalue weighted by molar-refractivity contribution is 0.354. The van der Waals surface area contributed by atoms with Crippen LogP contribution in [-0.2, 0) is 6.54 Å². The molecule has 1 aromatic carbocycles. The van der Waals surface area contributed by atoms with E-state index >= 15 is 0 Å². The lowest BCUT2D eigenvalue weighted by Crippen LogP contribution is -2.11. The Bertz CT molecular complexity index is 632. The summed E-state index contributed by atoms with van der Waals surface area (Å²) >= 11 is 0. The summed E-state index contributed by atoms with van der Waals surface area (Å²) in [5.41, 5.74) is 1.06. The smallest absolute Gasteiger partial charge is 0.224 e. The summed E-state index contributed by atoms with van der Waals surface area (Å²) in [4.78, 5) is 8.69. The normalized spacial score (nSPS) is 10.5. The van der Waals surface area contributed by atoms with E-state index in [0.717, 1.165) is 17.9 Å². The highest BCUT2D eigenvalue weighted by Crippen LogP contribution is 2.27. The number of benzene rings is 1. The van der Waals surface area contributed by atoms with Gasteiger partial charge in [0, 0.05) is 19.3 Å². The Labute approximate surface area is 137 Å². The fourth-order valence-corrected chi connectivity index (χ4v) is 2.02. The van der Waals surface area contributed by atoms with Gasteiger partial charge in [-0.15, -0.1) is 0 Å². The highest BCUT2D eigenvalue weighted by Gasteiger charge is 2.05. The number of nitrogens with zero attached hydrogens (tertiary/aromatic N) is 2. The van der Waals surface area contributed by atoms with E-state index in [1.807, 2.05) is 24.3 Å². The van der Waals surface area contributed by atoms with E-state index in [4.69, 9.17) is 9.47 Å². The Kier molecular flexibility index (Phi) is 6.02. The van der Waals surface area contributed by atoms with Gasteiger partial charge in [0.05, 0.1) is 14.2 Å². The number of hydrogen-bond acceptors (Lipinski definition) is 6. The predicted molar refractivity (Wildman–Crippen MR) is 92.2 cm³/mol. The standard InChI is InChI=1S/C17H24N4O2/c1-12(2)10-19-16-7-8-18-17(21-16)20-11-13-5-6-14(22-3)15(9-13)23-4/h5-9,12H,10-11H2,1-4H3,(H2,18,19,20,21). The van der Waals surface area contributed by atoms with Gasteiger partial charge in [0.15, 0.2) is 11.5 Å². The van der Waals surface area contributed by atoms with Crippen LogP contribution in [0.3, 0.4) is 0 Å². The molecule has 0 aliphatic carbocycles. The van der Waals surface area contributed by atoms with Crippen LogP contribution in [0.2, 0.25) is 0 Å². The molecule has 2 aromatic rings. The van der Waals surface area contributed by atoms with Gasteiger partial charge in [0.1, 0.15) is 5.82 Å². The molecule has 1 aromatic heterocycles. The maximum absolute atomic E-state index is 5.31. The molecule has 0 saturated heterocycles. The molecule has 0 fully saturated rings. The second-order valence-electron chi connectivity index (χ2n) is 5.58. The number of methoxy groups -OCH3 is 2. The van der Waals surface area contributed by atoms with Crippen LogP contribution in [0.4, 0.5) is 11.8 Å². The zero-order chi connectivity index (χ0) is 16.7. The minimum absolute atomic E-state index is 0.563. The molecule has 23 heavy (non-hydrogen) atoms. The van der Waals surface area contributed by atoms with E-state index in [0.29, 0.717) is 29.9 Å². The lowest BCUT2D eigenvalue weighted by Gasteiger charge is -2.11. The number of rotatable bonds is 8. The fourth-order valence-electron chi connectivity index (χ4n) is 2.02. The average Bonchev–Trinajstić information content (AvgIpc) is 2.58. The Morgan fingerprint density at radius 1 is 1.04 bits per heavy atom. The van der Waals surface area contributed by atoms with Crippen molar-refractivity contribution < 1.29 is 9.47 Å². The SMILES string of the molecule is COc1ccc(CNc2nccc(NCC(C)C)n2)cc1OC. The summed E-state index contributed by atoms with van der Waals surface area (Å²) in [6.07, 6.45) is 1.74. The summed E-state index contributed by atoms with van der Waals surface area (Å²) in [6.45, 7) is 5.80. The van der Waals surface area contributed by atoms with Gasteiger partial charge in [-0.25, -0.2) is 4.98 Å². The van der Waals surface area contributed by atoms with Crippen molar-refractivity contribution >= 4 is 11.8 Å². The Morgan fingerprint density at radius 2 is 1.83 bits per heavy atom. The zero-order valence-corrected chi connectivity index (χ0v) is 14.1. The number of anilines is 2. The van der Waals surface area contributed by atoms with Crippen molar-refractivity contribution in [2.45, 2.75) is 20.4 Å². The molecule has 0 atom stereocenters. The van der Waals surface area contributed by atoms with Crippen molar-refractivity contribution in [3.8, 4) is 11.5 Å².